The second kappa shape index (κ2) is 8.00. The third kappa shape index (κ3) is 4.77. The van der Waals surface area contributed by atoms with E-state index in [0.717, 1.165) is 19.0 Å². The number of halogens is 2. The monoisotopic (exact) mass is 290 g/mol. The van der Waals surface area contributed by atoms with Crippen LogP contribution in [0.25, 0.3) is 0 Å². The van der Waals surface area contributed by atoms with Gasteiger partial charge in [-0.25, -0.2) is 0 Å². The molecule has 0 radical (unpaired) electrons. The van der Waals surface area contributed by atoms with Crippen molar-refractivity contribution in [3.05, 3.63) is 35.9 Å². The van der Waals surface area contributed by atoms with Crippen molar-refractivity contribution >= 4 is 24.8 Å². The summed E-state index contributed by atoms with van der Waals surface area (Å²) in [6.45, 7) is 7.90. The summed E-state index contributed by atoms with van der Waals surface area (Å²) in [7, 11) is 0. The van der Waals surface area contributed by atoms with Crippen LogP contribution in [0.3, 0.4) is 0 Å². The molecule has 1 heterocycles. The zero-order chi connectivity index (χ0) is 11.4. The maximum atomic E-state index is 3.68. The predicted octanol–water partition coefficient (Wildman–Crippen LogP) is 3.01. The highest BCUT2D eigenvalue weighted by atomic mass is 35.5. The van der Waals surface area contributed by atoms with Crippen molar-refractivity contribution in [3.8, 4) is 0 Å². The van der Waals surface area contributed by atoms with Crippen molar-refractivity contribution in [1.82, 2.24) is 10.6 Å². The van der Waals surface area contributed by atoms with E-state index in [0.29, 0.717) is 0 Å². The van der Waals surface area contributed by atoms with Gasteiger partial charge in [0.15, 0.2) is 0 Å². The second-order valence-corrected chi connectivity index (χ2v) is 5.25. The summed E-state index contributed by atoms with van der Waals surface area (Å²) in [6, 6.07) is 10.6. The normalized spacial score (nSPS) is 18.9. The molecule has 1 aliphatic rings. The Morgan fingerprint density at radius 3 is 2.44 bits per heavy atom. The summed E-state index contributed by atoms with van der Waals surface area (Å²) in [5.41, 5.74) is 1.58. The predicted molar refractivity (Wildman–Crippen MR) is 82.8 cm³/mol. The third-order valence-electron chi connectivity index (χ3n) is 3.67. The summed E-state index contributed by atoms with van der Waals surface area (Å²) in [6.07, 6.45) is 1.29. The molecule has 0 saturated carbocycles. The fraction of sp³-hybridized carbons (Fsp3) is 0.571. The van der Waals surface area contributed by atoms with Gasteiger partial charge in [0, 0.05) is 12.1 Å². The molecule has 0 aliphatic carbocycles. The molecule has 18 heavy (non-hydrogen) atoms. The van der Waals surface area contributed by atoms with Gasteiger partial charge in [0.1, 0.15) is 0 Å². The molecule has 1 unspecified atom stereocenters. The maximum Gasteiger partial charge on any atom is 0.0210 e. The molecule has 0 aromatic heterocycles. The Labute approximate surface area is 123 Å². The molecule has 4 heteroatoms. The van der Waals surface area contributed by atoms with Gasteiger partial charge >= 0.3 is 0 Å². The SMILES string of the molecule is CC(C)(NCc1ccccc1)C1CCNC1.Cl.Cl. The number of nitrogens with one attached hydrogen (secondary N) is 2. The summed E-state index contributed by atoms with van der Waals surface area (Å²) in [5, 5.41) is 7.11. The largest absolute Gasteiger partial charge is 0.316 e. The minimum atomic E-state index is 0. The standard InChI is InChI=1S/C14H22N2.2ClH/c1-14(2,13-8-9-15-11-13)16-10-12-6-4-3-5-7-12;;/h3-7,13,15-16H,8-11H2,1-2H3;2*1H. The molecule has 1 aromatic carbocycles. The van der Waals surface area contributed by atoms with Gasteiger partial charge in [0.25, 0.3) is 0 Å². The van der Waals surface area contributed by atoms with E-state index in [4.69, 9.17) is 0 Å². The van der Waals surface area contributed by atoms with E-state index in [9.17, 15) is 0 Å². The number of hydrogen-bond donors (Lipinski definition) is 2. The van der Waals surface area contributed by atoms with Gasteiger partial charge in [-0.2, -0.15) is 0 Å². The topological polar surface area (TPSA) is 24.1 Å². The lowest BCUT2D eigenvalue weighted by molar-refractivity contribution is 0.267. The van der Waals surface area contributed by atoms with Gasteiger partial charge < -0.3 is 10.6 Å². The minimum absolute atomic E-state index is 0. The zero-order valence-corrected chi connectivity index (χ0v) is 12.7. The Morgan fingerprint density at radius 1 is 1.22 bits per heavy atom. The van der Waals surface area contributed by atoms with Gasteiger partial charge in [0.2, 0.25) is 0 Å². The van der Waals surface area contributed by atoms with Crippen molar-refractivity contribution in [3.63, 3.8) is 0 Å². The van der Waals surface area contributed by atoms with E-state index < -0.39 is 0 Å². The highest BCUT2D eigenvalue weighted by molar-refractivity contribution is 5.85. The molecule has 0 bridgehead atoms. The van der Waals surface area contributed by atoms with Gasteiger partial charge in [-0.1, -0.05) is 30.3 Å². The van der Waals surface area contributed by atoms with Crippen molar-refractivity contribution in [1.29, 1.82) is 0 Å². The molecule has 1 aliphatic heterocycles. The van der Waals surface area contributed by atoms with E-state index in [1.807, 2.05) is 0 Å². The van der Waals surface area contributed by atoms with Crippen molar-refractivity contribution in [2.45, 2.75) is 32.4 Å². The molecule has 1 aromatic rings. The first-order valence-electron chi connectivity index (χ1n) is 6.18. The number of benzene rings is 1. The summed E-state index contributed by atoms with van der Waals surface area (Å²) in [5.74, 6) is 0.746. The molecule has 104 valence electrons. The molecule has 0 spiro atoms. The van der Waals surface area contributed by atoms with Gasteiger partial charge in [-0.05, 0) is 44.8 Å². The smallest absolute Gasteiger partial charge is 0.0210 e. The van der Waals surface area contributed by atoms with E-state index in [1.165, 1.54) is 18.5 Å². The molecule has 2 nitrogen and oxygen atoms in total. The molecule has 2 rings (SSSR count). The molecule has 2 N–H and O–H groups in total. The third-order valence-corrected chi connectivity index (χ3v) is 3.67. The van der Waals surface area contributed by atoms with Crippen LogP contribution in [0, 0.1) is 5.92 Å². The Kier molecular flexibility index (Phi) is 7.88. The average Bonchev–Trinajstić information content (AvgIpc) is 2.82. The number of rotatable bonds is 4. The highest BCUT2D eigenvalue weighted by Gasteiger charge is 2.30. The average molecular weight is 291 g/mol. The summed E-state index contributed by atoms with van der Waals surface area (Å²) < 4.78 is 0. The van der Waals surface area contributed by atoms with Gasteiger partial charge in [0.05, 0.1) is 0 Å². The molecule has 1 atom stereocenters. The minimum Gasteiger partial charge on any atom is -0.316 e. The molecule has 1 fully saturated rings. The van der Waals surface area contributed by atoms with Crippen LogP contribution in [0.1, 0.15) is 25.8 Å². The van der Waals surface area contributed by atoms with Crippen LogP contribution in [0.15, 0.2) is 30.3 Å². The highest BCUT2D eigenvalue weighted by Crippen LogP contribution is 2.23. The Bertz CT molecular complexity index is 322. The number of hydrogen-bond acceptors (Lipinski definition) is 2. The van der Waals surface area contributed by atoms with Gasteiger partial charge in [-0.15, -0.1) is 24.8 Å². The maximum absolute atomic E-state index is 3.68. The lowest BCUT2D eigenvalue weighted by atomic mass is 9.86. The lowest BCUT2D eigenvalue weighted by Crippen LogP contribution is -2.46. The molecular formula is C14H24Cl2N2. The van der Waals surface area contributed by atoms with E-state index in [1.54, 1.807) is 0 Å². The van der Waals surface area contributed by atoms with Crippen molar-refractivity contribution in [2.24, 2.45) is 5.92 Å². The Balaban J connectivity index is 0.00000144. The van der Waals surface area contributed by atoms with Gasteiger partial charge in [-0.3, -0.25) is 0 Å². The lowest BCUT2D eigenvalue weighted by Gasteiger charge is -2.32. The Morgan fingerprint density at radius 2 is 1.89 bits per heavy atom. The quantitative estimate of drug-likeness (QED) is 0.891. The Hall–Kier alpha value is -0.280. The first-order valence-corrected chi connectivity index (χ1v) is 6.18. The van der Waals surface area contributed by atoms with E-state index >= 15 is 0 Å². The first kappa shape index (κ1) is 17.7. The van der Waals surface area contributed by atoms with E-state index in [-0.39, 0.29) is 30.4 Å². The van der Waals surface area contributed by atoms with Crippen LogP contribution in [-0.4, -0.2) is 18.6 Å². The first-order chi connectivity index (χ1) is 7.68. The summed E-state index contributed by atoms with van der Waals surface area (Å²) >= 11 is 0. The summed E-state index contributed by atoms with van der Waals surface area (Å²) in [4.78, 5) is 0. The van der Waals surface area contributed by atoms with Crippen LogP contribution in [-0.2, 0) is 6.54 Å². The van der Waals surface area contributed by atoms with Crippen LogP contribution in [0.2, 0.25) is 0 Å². The fourth-order valence-electron chi connectivity index (χ4n) is 2.34. The fourth-order valence-corrected chi connectivity index (χ4v) is 2.34. The molecule has 0 amide bonds. The molecular weight excluding hydrogens is 267 g/mol. The van der Waals surface area contributed by atoms with Crippen LogP contribution >= 0.6 is 24.8 Å². The molecule has 1 saturated heterocycles. The zero-order valence-electron chi connectivity index (χ0n) is 11.1. The van der Waals surface area contributed by atoms with Crippen LogP contribution in [0.5, 0.6) is 0 Å². The van der Waals surface area contributed by atoms with Crippen LogP contribution < -0.4 is 10.6 Å². The van der Waals surface area contributed by atoms with E-state index in [2.05, 4.69) is 54.8 Å². The van der Waals surface area contributed by atoms with Crippen molar-refractivity contribution in [2.75, 3.05) is 13.1 Å². The second-order valence-electron chi connectivity index (χ2n) is 5.25. The van der Waals surface area contributed by atoms with Crippen LogP contribution in [0.4, 0.5) is 0 Å². The van der Waals surface area contributed by atoms with Crippen molar-refractivity contribution < 1.29 is 0 Å².